The van der Waals surface area contributed by atoms with Crippen LogP contribution in [0.2, 0.25) is 0 Å². The summed E-state index contributed by atoms with van der Waals surface area (Å²) in [6.07, 6.45) is 0.846. The third-order valence-corrected chi connectivity index (χ3v) is 5.73. The molecule has 0 aromatic heterocycles. The highest BCUT2D eigenvalue weighted by Gasteiger charge is 2.36. The lowest BCUT2D eigenvalue weighted by atomic mass is 10.1. The molecule has 4 rings (SSSR count). The number of carbonyl (C=O) groups excluding carboxylic acids is 3. The molecule has 162 valence electrons. The fourth-order valence-electron chi connectivity index (χ4n) is 3.88. The molecule has 7 nitrogen and oxygen atoms in total. The van der Waals surface area contributed by atoms with Crippen molar-refractivity contribution in [2.24, 2.45) is 0 Å². The summed E-state index contributed by atoms with van der Waals surface area (Å²) in [6.45, 7) is 7.04. The minimum absolute atomic E-state index is 0.218. The van der Waals surface area contributed by atoms with Crippen LogP contribution in [0.15, 0.2) is 42.5 Å². The molecule has 3 amide bonds. The lowest BCUT2D eigenvalue weighted by Crippen LogP contribution is -2.38. The van der Waals surface area contributed by atoms with Crippen LogP contribution in [-0.4, -0.2) is 66.9 Å². The first-order valence-electron chi connectivity index (χ1n) is 10.7. The number of imide groups is 1. The third kappa shape index (κ3) is 4.84. The van der Waals surface area contributed by atoms with Crippen LogP contribution in [0.4, 0.5) is 0 Å². The monoisotopic (exact) mass is 421 g/mol. The quantitative estimate of drug-likeness (QED) is 0.548. The molecule has 1 saturated heterocycles. The normalized spacial score (nSPS) is 16.5. The molecule has 0 saturated carbocycles. The van der Waals surface area contributed by atoms with E-state index < -0.39 is 0 Å². The molecule has 0 bridgehead atoms. The predicted octanol–water partition coefficient (Wildman–Crippen LogP) is 2.24. The number of nitrogens with one attached hydrogen (secondary N) is 1. The van der Waals surface area contributed by atoms with Crippen molar-refractivity contribution in [1.29, 1.82) is 0 Å². The number of amides is 3. The Labute approximate surface area is 182 Å². The topological polar surface area (TPSA) is 79.0 Å². The molecule has 2 heterocycles. The summed E-state index contributed by atoms with van der Waals surface area (Å²) in [5.41, 5.74) is 3.03. The molecule has 2 aromatic carbocycles. The molecule has 7 heteroatoms. The van der Waals surface area contributed by atoms with Gasteiger partial charge in [-0.1, -0.05) is 29.8 Å². The van der Waals surface area contributed by atoms with Crippen molar-refractivity contribution in [3.63, 3.8) is 0 Å². The van der Waals surface area contributed by atoms with Crippen molar-refractivity contribution in [3.05, 3.63) is 70.3 Å². The van der Waals surface area contributed by atoms with Crippen molar-refractivity contribution in [3.8, 4) is 0 Å². The SMILES string of the molecule is Cc1ccc(CN2C(=O)c3ccc(C(=O)NCCCN4CCOCC4)cc3C2=O)cc1. The fraction of sp³-hybridized carbons (Fsp3) is 0.375. The number of nitrogens with zero attached hydrogens (tertiary/aromatic N) is 2. The molecule has 0 radical (unpaired) electrons. The number of ether oxygens (including phenoxy) is 1. The van der Waals surface area contributed by atoms with Crippen molar-refractivity contribution >= 4 is 17.7 Å². The number of carbonyl (C=O) groups is 3. The first kappa shape index (κ1) is 21.2. The van der Waals surface area contributed by atoms with Gasteiger partial charge in [0.05, 0.1) is 30.9 Å². The van der Waals surface area contributed by atoms with Crippen LogP contribution >= 0.6 is 0 Å². The zero-order chi connectivity index (χ0) is 21.8. The predicted molar refractivity (Wildman–Crippen MR) is 116 cm³/mol. The van der Waals surface area contributed by atoms with Crippen molar-refractivity contribution < 1.29 is 19.1 Å². The highest BCUT2D eigenvalue weighted by atomic mass is 16.5. The number of hydrogen-bond donors (Lipinski definition) is 1. The van der Waals surface area contributed by atoms with E-state index in [1.165, 1.54) is 11.0 Å². The molecule has 1 fully saturated rings. The van der Waals surface area contributed by atoms with Gasteiger partial charge < -0.3 is 10.1 Å². The molecule has 2 aromatic rings. The second-order valence-corrected chi connectivity index (χ2v) is 8.01. The minimum atomic E-state index is -0.359. The van der Waals surface area contributed by atoms with E-state index in [-0.39, 0.29) is 29.8 Å². The summed E-state index contributed by atoms with van der Waals surface area (Å²) in [6, 6.07) is 12.4. The van der Waals surface area contributed by atoms with Crippen LogP contribution in [0, 0.1) is 6.92 Å². The Hall–Kier alpha value is -3.03. The lowest BCUT2D eigenvalue weighted by Gasteiger charge is -2.26. The Morgan fingerprint density at radius 1 is 1.00 bits per heavy atom. The highest BCUT2D eigenvalue weighted by molar-refractivity contribution is 6.22. The maximum atomic E-state index is 12.8. The molecule has 1 N–H and O–H groups in total. The van der Waals surface area contributed by atoms with E-state index in [9.17, 15) is 14.4 Å². The Morgan fingerprint density at radius 3 is 2.45 bits per heavy atom. The third-order valence-electron chi connectivity index (χ3n) is 5.73. The van der Waals surface area contributed by atoms with Crippen LogP contribution in [0.5, 0.6) is 0 Å². The Bertz CT molecular complexity index is 981. The number of rotatable bonds is 7. The van der Waals surface area contributed by atoms with Gasteiger partial charge in [0.15, 0.2) is 0 Å². The van der Waals surface area contributed by atoms with E-state index in [1.807, 2.05) is 31.2 Å². The van der Waals surface area contributed by atoms with Crippen LogP contribution in [0.3, 0.4) is 0 Å². The summed E-state index contributed by atoms with van der Waals surface area (Å²) in [5.74, 6) is -0.914. The van der Waals surface area contributed by atoms with Crippen LogP contribution < -0.4 is 5.32 Å². The largest absolute Gasteiger partial charge is 0.379 e. The Kier molecular flexibility index (Phi) is 6.44. The van der Waals surface area contributed by atoms with E-state index in [4.69, 9.17) is 4.74 Å². The van der Waals surface area contributed by atoms with Gasteiger partial charge in [-0.3, -0.25) is 24.2 Å². The van der Waals surface area contributed by atoms with Gasteiger partial charge in [-0.15, -0.1) is 0 Å². The number of fused-ring (bicyclic) bond motifs is 1. The second-order valence-electron chi connectivity index (χ2n) is 8.01. The summed E-state index contributed by atoms with van der Waals surface area (Å²) >= 11 is 0. The molecule has 2 aliphatic rings. The van der Waals surface area contributed by atoms with E-state index in [0.717, 1.165) is 50.4 Å². The van der Waals surface area contributed by atoms with E-state index in [0.29, 0.717) is 17.7 Å². The Morgan fingerprint density at radius 2 is 1.71 bits per heavy atom. The lowest BCUT2D eigenvalue weighted by molar-refractivity contribution is 0.0374. The van der Waals surface area contributed by atoms with Gasteiger partial charge in [-0.05, 0) is 43.7 Å². The molecular weight excluding hydrogens is 394 g/mol. The zero-order valence-electron chi connectivity index (χ0n) is 17.7. The van der Waals surface area contributed by atoms with Crippen molar-refractivity contribution in [2.45, 2.75) is 19.9 Å². The molecule has 0 aliphatic carbocycles. The summed E-state index contributed by atoms with van der Waals surface area (Å²) in [7, 11) is 0. The number of aryl methyl sites for hydroxylation is 1. The van der Waals surface area contributed by atoms with E-state index in [2.05, 4.69) is 10.2 Å². The minimum Gasteiger partial charge on any atom is -0.379 e. The zero-order valence-corrected chi connectivity index (χ0v) is 17.7. The smallest absolute Gasteiger partial charge is 0.261 e. The van der Waals surface area contributed by atoms with Gasteiger partial charge in [0, 0.05) is 25.2 Å². The van der Waals surface area contributed by atoms with Gasteiger partial charge in [-0.2, -0.15) is 0 Å². The maximum Gasteiger partial charge on any atom is 0.261 e. The van der Waals surface area contributed by atoms with Crippen LogP contribution in [0.1, 0.15) is 48.6 Å². The first-order chi connectivity index (χ1) is 15.0. The maximum absolute atomic E-state index is 12.8. The van der Waals surface area contributed by atoms with Gasteiger partial charge in [0.2, 0.25) is 0 Å². The average Bonchev–Trinajstić information content (AvgIpc) is 3.03. The van der Waals surface area contributed by atoms with Crippen LogP contribution in [-0.2, 0) is 11.3 Å². The summed E-state index contributed by atoms with van der Waals surface area (Å²) in [5, 5.41) is 2.91. The molecule has 0 atom stereocenters. The van der Waals surface area contributed by atoms with Crippen LogP contribution in [0.25, 0.3) is 0 Å². The van der Waals surface area contributed by atoms with Crippen molar-refractivity contribution in [2.75, 3.05) is 39.4 Å². The number of benzene rings is 2. The Balaban J connectivity index is 1.35. The molecule has 0 spiro atoms. The van der Waals surface area contributed by atoms with Gasteiger partial charge in [-0.25, -0.2) is 0 Å². The summed E-state index contributed by atoms with van der Waals surface area (Å²) in [4.78, 5) is 41.6. The highest BCUT2D eigenvalue weighted by Crippen LogP contribution is 2.25. The van der Waals surface area contributed by atoms with E-state index >= 15 is 0 Å². The van der Waals surface area contributed by atoms with Gasteiger partial charge in [0.1, 0.15) is 0 Å². The number of hydrogen-bond acceptors (Lipinski definition) is 5. The molecule has 0 unspecified atom stereocenters. The summed E-state index contributed by atoms with van der Waals surface area (Å²) < 4.78 is 5.33. The standard InChI is InChI=1S/C24H27N3O4/c1-17-3-5-18(6-4-17)16-27-23(29)20-8-7-19(15-21(20)24(27)30)22(28)25-9-2-10-26-11-13-31-14-12-26/h3-8,15H,2,9-14,16H2,1H3,(H,25,28). The fourth-order valence-corrected chi connectivity index (χ4v) is 3.88. The second kappa shape index (κ2) is 9.41. The first-order valence-corrected chi connectivity index (χ1v) is 10.7. The van der Waals surface area contributed by atoms with Gasteiger partial charge >= 0.3 is 0 Å². The van der Waals surface area contributed by atoms with Gasteiger partial charge in [0.25, 0.3) is 17.7 Å². The molecule has 2 aliphatic heterocycles. The number of morpholine rings is 1. The van der Waals surface area contributed by atoms with E-state index in [1.54, 1.807) is 12.1 Å². The average molecular weight is 421 g/mol. The molecular formula is C24H27N3O4. The molecule has 31 heavy (non-hydrogen) atoms. The van der Waals surface area contributed by atoms with Crippen molar-refractivity contribution in [1.82, 2.24) is 15.1 Å².